The Balaban J connectivity index is 1.93. The largest absolute Gasteiger partial charge is 0.510 e. The maximum atomic E-state index is 12.8. The number of carbonyl (C=O) groups excluding carboxylic acids is 2. The van der Waals surface area contributed by atoms with Gasteiger partial charge in [0.2, 0.25) is 6.79 Å². The Bertz CT molecular complexity index is 717. The minimum absolute atomic E-state index is 0.0219. The second-order valence-corrected chi connectivity index (χ2v) is 4.93. The van der Waals surface area contributed by atoms with E-state index in [-0.39, 0.29) is 28.9 Å². The fourth-order valence-electron chi connectivity index (χ4n) is 2.50. The number of aromatic nitrogens is 1. The standard InChI is InChI=1S/C13H16N4O7/c1-21-13(19)24-7-23-11-8(15-20)2-3-17-10(11)12(18)16-4-5-22-6-9(16)14-17/h2-3,9,14,20H,4-7H2,1H3/t9-/m0/s1. The molecule has 24 heavy (non-hydrogen) atoms. The van der Waals surface area contributed by atoms with E-state index in [0.717, 1.165) is 7.11 Å². The van der Waals surface area contributed by atoms with Gasteiger partial charge < -0.3 is 34.5 Å². The Morgan fingerprint density at radius 2 is 2.42 bits per heavy atom. The van der Waals surface area contributed by atoms with Crippen LogP contribution < -0.4 is 15.5 Å². The molecule has 0 bridgehead atoms. The molecule has 3 rings (SSSR count). The molecule has 3 heterocycles. The van der Waals surface area contributed by atoms with E-state index < -0.39 is 12.9 Å². The highest BCUT2D eigenvalue weighted by Crippen LogP contribution is 2.22. The lowest BCUT2D eigenvalue weighted by Crippen LogP contribution is -2.59. The van der Waals surface area contributed by atoms with Gasteiger partial charge in [0.05, 0.1) is 20.3 Å². The first-order chi connectivity index (χ1) is 11.7. The molecule has 0 unspecified atom stereocenters. The van der Waals surface area contributed by atoms with E-state index >= 15 is 0 Å². The van der Waals surface area contributed by atoms with Crippen molar-refractivity contribution in [3.05, 3.63) is 23.3 Å². The summed E-state index contributed by atoms with van der Waals surface area (Å²) >= 11 is 0. The Kier molecular flexibility index (Phi) is 4.42. The molecule has 0 radical (unpaired) electrons. The number of fused-ring (bicyclic) bond motifs is 2. The van der Waals surface area contributed by atoms with Gasteiger partial charge in [-0.25, -0.2) is 4.79 Å². The van der Waals surface area contributed by atoms with Crippen LogP contribution in [0.2, 0.25) is 0 Å². The van der Waals surface area contributed by atoms with Gasteiger partial charge in [0.25, 0.3) is 5.91 Å². The number of methoxy groups -OCH3 is 1. The van der Waals surface area contributed by atoms with Crippen molar-refractivity contribution in [3.63, 3.8) is 0 Å². The number of rotatable bonds is 3. The number of hydrogen-bond donors (Lipinski definition) is 2. The molecule has 1 aromatic heterocycles. The van der Waals surface area contributed by atoms with Crippen LogP contribution in [0.15, 0.2) is 17.4 Å². The van der Waals surface area contributed by atoms with Crippen molar-refractivity contribution in [3.8, 4) is 5.75 Å². The quantitative estimate of drug-likeness (QED) is 0.319. The van der Waals surface area contributed by atoms with Crippen LogP contribution in [0.1, 0.15) is 10.5 Å². The Morgan fingerprint density at radius 1 is 1.58 bits per heavy atom. The molecule has 130 valence electrons. The zero-order valence-electron chi connectivity index (χ0n) is 12.8. The fraction of sp³-hybridized carbons (Fsp3) is 0.462. The monoisotopic (exact) mass is 340 g/mol. The summed E-state index contributed by atoms with van der Waals surface area (Å²) in [6, 6.07) is 1.44. The van der Waals surface area contributed by atoms with Crippen molar-refractivity contribution in [2.24, 2.45) is 5.16 Å². The predicted octanol–water partition coefficient (Wildman–Crippen LogP) is -0.747. The third-order valence-electron chi connectivity index (χ3n) is 3.60. The Hall–Kier alpha value is -2.95. The van der Waals surface area contributed by atoms with E-state index in [9.17, 15) is 9.59 Å². The summed E-state index contributed by atoms with van der Waals surface area (Å²) in [5.74, 6) is -0.341. The normalized spacial score (nSPS) is 19.9. The lowest BCUT2D eigenvalue weighted by molar-refractivity contribution is -0.00503. The number of pyridine rings is 1. The molecule has 0 aromatic carbocycles. The van der Waals surface area contributed by atoms with E-state index in [1.165, 1.54) is 16.9 Å². The predicted molar refractivity (Wildman–Crippen MR) is 75.8 cm³/mol. The third kappa shape index (κ3) is 2.80. The average molecular weight is 340 g/mol. The topological polar surface area (TPSA) is 124 Å². The Labute approximate surface area is 135 Å². The van der Waals surface area contributed by atoms with E-state index in [1.54, 1.807) is 4.90 Å². The van der Waals surface area contributed by atoms with Crippen molar-refractivity contribution in [2.75, 3.05) is 39.1 Å². The van der Waals surface area contributed by atoms with Crippen LogP contribution in [-0.4, -0.2) is 66.7 Å². The number of nitrogens with one attached hydrogen (secondary N) is 1. The maximum absolute atomic E-state index is 12.8. The van der Waals surface area contributed by atoms with Gasteiger partial charge in [-0.05, 0) is 6.07 Å². The van der Waals surface area contributed by atoms with E-state index in [4.69, 9.17) is 14.7 Å². The summed E-state index contributed by atoms with van der Waals surface area (Å²) in [5.41, 5.74) is 3.21. The highest BCUT2D eigenvalue weighted by molar-refractivity contribution is 5.96. The van der Waals surface area contributed by atoms with Crippen LogP contribution in [0.5, 0.6) is 5.75 Å². The van der Waals surface area contributed by atoms with E-state index in [0.29, 0.717) is 19.8 Å². The smallest absolute Gasteiger partial charge is 0.452 e. The van der Waals surface area contributed by atoms with Gasteiger partial charge in [-0.15, -0.1) is 0 Å². The zero-order valence-corrected chi connectivity index (χ0v) is 12.8. The summed E-state index contributed by atoms with van der Waals surface area (Å²) in [5, 5.41) is 12.3. The first-order valence-electron chi connectivity index (χ1n) is 7.08. The molecule has 1 atom stereocenters. The van der Waals surface area contributed by atoms with Gasteiger partial charge in [0, 0.05) is 12.7 Å². The van der Waals surface area contributed by atoms with Crippen molar-refractivity contribution < 1.29 is 33.7 Å². The SMILES string of the molecule is COC(=O)OCOc1c2n(ccc1=NO)N[C@@H]1COCCN1C2=O. The summed E-state index contributed by atoms with van der Waals surface area (Å²) in [6.07, 6.45) is 0.287. The number of hydrogen-bond acceptors (Lipinski definition) is 9. The van der Waals surface area contributed by atoms with Crippen LogP contribution in [0.4, 0.5) is 4.79 Å². The number of nitrogens with zero attached hydrogens (tertiary/aromatic N) is 3. The van der Waals surface area contributed by atoms with Gasteiger partial charge in [-0.1, -0.05) is 5.16 Å². The molecule has 1 aromatic rings. The van der Waals surface area contributed by atoms with Crippen LogP contribution >= 0.6 is 0 Å². The molecule has 2 N–H and O–H groups in total. The van der Waals surface area contributed by atoms with Gasteiger partial charge >= 0.3 is 6.16 Å². The van der Waals surface area contributed by atoms with Crippen LogP contribution in [0.3, 0.4) is 0 Å². The molecular weight excluding hydrogens is 324 g/mol. The molecule has 1 amide bonds. The second kappa shape index (κ2) is 6.66. The maximum Gasteiger partial charge on any atom is 0.510 e. The highest BCUT2D eigenvalue weighted by atomic mass is 16.8. The first-order valence-corrected chi connectivity index (χ1v) is 7.08. The van der Waals surface area contributed by atoms with Gasteiger partial charge in [0.1, 0.15) is 11.5 Å². The molecule has 11 nitrogen and oxygen atoms in total. The molecule has 1 fully saturated rings. The summed E-state index contributed by atoms with van der Waals surface area (Å²) < 4.78 is 21.1. The molecule has 2 aliphatic rings. The van der Waals surface area contributed by atoms with E-state index in [2.05, 4.69) is 20.1 Å². The lowest BCUT2D eigenvalue weighted by Gasteiger charge is -2.41. The van der Waals surface area contributed by atoms with Gasteiger partial charge in [-0.3, -0.25) is 9.47 Å². The molecule has 0 saturated carbocycles. The van der Waals surface area contributed by atoms with E-state index in [1.807, 2.05) is 0 Å². The fourth-order valence-corrected chi connectivity index (χ4v) is 2.50. The molecule has 11 heteroatoms. The first kappa shape index (κ1) is 15.9. The minimum atomic E-state index is -0.937. The van der Waals surface area contributed by atoms with Crippen molar-refractivity contribution >= 4 is 12.1 Å². The summed E-state index contributed by atoms with van der Waals surface area (Å²) in [6.45, 7) is 0.683. The minimum Gasteiger partial charge on any atom is -0.452 e. The Morgan fingerprint density at radius 3 is 3.17 bits per heavy atom. The second-order valence-electron chi connectivity index (χ2n) is 4.93. The summed E-state index contributed by atoms with van der Waals surface area (Å²) in [4.78, 5) is 25.4. The number of ether oxygens (including phenoxy) is 4. The summed E-state index contributed by atoms with van der Waals surface area (Å²) in [7, 11) is 1.16. The molecular formula is C13H16N4O7. The average Bonchev–Trinajstić information content (AvgIpc) is 2.61. The van der Waals surface area contributed by atoms with Crippen molar-refractivity contribution in [1.82, 2.24) is 9.58 Å². The number of carbonyl (C=O) groups is 2. The third-order valence-corrected chi connectivity index (χ3v) is 3.60. The lowest BCUT2D eigenvalue weighted by atomic mass is 10.2. The van der Waals surface area contributed by atoms with Crippen LogP contribution in [-0.2, 0) is 14.2 Å². The molecule has 0 aliphatic carbocycles. The van der Waals surface area contributed by atoms with Crippen LogP contribution in [0.25, 0.3) is 0 Å². The highest BCUT2D eigenvalue weighted by Gasteiger charge is 2.36. The number of amides is 1. The zero-order chi connectivity index (χ0) is 17.1. The van der Waals surface area contributed by atoms with Crippen molar-refractivity contribution in [2.45, 2.75) is 6.17 Å². The molecule has 2 aliphatic heterocycles. The molecule has 0 spiro atoms. The van der Waals surface area contributed by atoms with Crippen molar-refractivity contribution in [1.29, 1.82) is 0 Å². The van der Waals surface area contributed by atoms with Gasteiger partial charge in [-0.2, -0.15) is 0 Å². The molecule has 1 saturated heterocycles. The van der Waals surface area contributed by atoms with Gasteiger partial charge in [0.15, 0.2) is 11.4 Å². The number of morpholine rings is 1. The van der Waals surface area contributed by atoms with Crippen LogP contribution in [0, 0.1) is 0 Å².